The third-order valence-electron chi connectivity index (χ3n) is 11.3. The summed E-state index contributed by atoms with van der Waals surface area (Å²) in [5.41, 5.74) is 1.31. The zero-order valence-electron chi connectivity index (χ0n) is 28.5. The second-order valence-electron chi connectivity index (χ2n) is 15.4. The number of aryl methyl sites for hydroxylation is 1. The highest BCUT2D eigenvalue weighted by Gasteiger charge is 2.46. The van der Waals surface area contributed by atoms with Crippen molar-refractivity contribution < 1.29 is 28.4 Å². The van der Waals surface area contributed by atoms with E-state index in [-0.39, 0.29) is 41.7 Å². The first-order chi connectivity index (χ1) is 23.4. The number of hydrogen-bond donors (Lipinski definition) is 2. The summed E-state index contributed by atoms with van der Waals surface area (Å²) in [6.45, 7) is 5.45. The van der Waals surface area contributed by atoms with E-state index in [2.05, 4.69) is 38.3 Å². The predicted molar refractivity (Wildman–Crippen MR) is 189 cm³/mol. The number of hydrogen-bond acceptors (Lipinski definition) is 8. The van der Waals surface area contributed by atoms with Crippen molar-refractivity contribution in [1.29, 1.82) is 0 Å². The molecule has 12 heteroatoms. The molecule has 2 amide bonds. The van der Waals surface area contributed by atoms with Gasteiger partial charge in [0.05, 0.1) is 24.1 Å². The van der Waals surface area contributed by atoms with Crippen LogP contribution in [0.2, 0.25) is 5.02 Å². The zero-order valence-corrected chi connectivity index (χ0v) is 30.1. The molecule has 2 saturated carbocycles. The molecule has 7 rings (SSSR count). The van der Waals surface area contributed by atoms with Crippen molar-refractivity contribution >= 4 is 39.1 Å². The molecule has 1 aromatic heterocycles. The minimum atomic E-state index is -3.52. The normalized spacial score (nSPS) is 36.5. The van der Waals surface area contributed by atoms with Crippen molar-refractivity contribution in [2.45, 2.75) is 82.3 Å². The molecule has 2 aliphatic heterocycles. The summed E-state index contributed by atoms with van der Waals surface area (Å²) in [4.78, 5) is 34.2. The van der Waals surface area contributed by atoms with Crippen molar-refractivity contribution in [1.82, 2.24) is 9.71 Å². The molecule has 2 fully saturated rings. The number of pyridine rings is 1. The largest absolute Gasteiger partial charge is 0.489 e. The molecule has 2 bridgehead atoms. The van der Waals surface area contributed by atoms with E-state index < -0.39 is 33.2 Å². The molecule has 2 N–H and O–H groups in total. The van der Waals surface area contributed by atoms with E-state index in [1.165, 1.54) is 11.1 Å². The molecule has 1 spiro atoms. The van der Waals surface area contributed by atoms with Crippen molar-refractivity contribution in [2.24, 2.45) is 28.0 Å². The number of amides is 2. The van der Waals surface area contributed by atoms with Crippen LogP contribution in [0, 0.1) is 23.7 Å². The Bertz CT molecular complexity index is 1780. The lowest BCUT2D eigenvalue weighted by atomic mass is 9.68. The molecule has 0 radical (unpaired) electrons. The lowest BCUT2D eigenvalue weighted by molar-refractivity contribution is -0.137. The van der Waals surface area contributed by atoms with Crippen LogP contribution in [0.4, 0.5) is 5.82 Å². The van der Waals surface area contributed by atoms with Gasteiger partial charge in [-0.05, 0) is 111 Å². The monoisotopic (exact) mass is 710 g/mol. The van der Waals surface area contributed by atoms with E-state index in [1.54, 1.807) is 26.2 Å². The summed E-state index contributed by atoms with van der Waals surface area (Å²) >= 11 is 6.43. The first-order valence-corrected chi connectivity index (χ1v) is 19.6. The zero-order chi connectivity index (χ0) is 34.6. The van der Waals surface area contributed by atoms with E-state index in [4.69, 9.17) is 26.1 Å². The molecular formula is C37H47ClN4O6S. The molecular weight excluding hydrogens is 664 g/mol. The summed E-state index contributed by atoms with van der Waals surface area (Å²) in [6.07, 6.45) is 10.2. The van der Waals surface area contributed by atoms with Crippen LogP contribution in [0.15, 0.2) is 46.8 Å². The van der Waals surface area contributed by atoms with Gasteiger partial charge in [-0.25, -0.2) is 9.19 Å². The maximum Gasteiger partial charge on any atom is 0.305 e. The van der Waals surface area contributed by atoms with Gasteiger partial charge in [0.15, 0.2) is 11.6 Å². The molecule has 1 aromatic carbocycles. The first-order valence-electron chi connectivity index (χ1n) is 17.6. The van der Waals surface area contributed by atoms with Crippen molar-refractivity contribution in [3.05, 3.63) is 64.3 Å². The number of benzene rings is 1. The topological polar surface area (TPSA) is 130 Å². The van der Waals surface area contributed by atoms with Crippen LogP contribution in [0.5, 0.6) is 5.75 Å². The molecule has 3 aliphatic carbocycles. The van der Waals surface area contributed by atoms with Gasteiger partial charge in [0.25, 0.3) is 0 Å². The summed E-state index contributed by atoms with van der Waals surface area (Å²) in [5, 5.41) is 10.9. The molecule has 10 nitrogen and oxygen atoms in total. The van der Waals surface area contributed by atoms with Gasteiger partial charge in [0, 0.05) is 36.6 Å². The number of anilines is 1. The fourth-order valence-corrected chi connectivity index (χ4v) is 10.8. The van der Waals surface area contributed by atoms with E-state index in [0.29, 0.717) is 43.0 Å². The number of rotatable bonds is 3. The highest BCUT2D eigenvalue weighted by atomic mass is 35.5. The second-order valence-corrected chi connectivity index (χ2v) is 17.8. The molecule has 6 atom stereocenters. The van der Waals surface area contributed by atoms with Crippen molar-refractivity contribution in [2.75, 3.05) is 37.5 Å². The number of halogens is 1. The van der Waals surface area contributed by atoms with Crippen LogP contribution in [-0.4, -0.2) is 70.4 Å². The van der Waals surface area contributed by atoms with Gasteiger partial charge >= 0.3 is 5.91 Å². The minimum absolute atomic E-state index is 0.00619. The number of aliphatic hydroxyl groups is 1. The van der Waals surface area contributed by atoms with Gasteiger partial charge in [-0.2, -0.15) is 0 Å². The molecule has 2 aromatic rings. The number of nitrogens with zero attached hydrogens (tertiary/aromatic N) is 3. The number of carbonyl (C=O) groups is 2. The second kappa shape index (κ2) is 13.3. The number of ether oxygens (including phenoxy) is 2. The lowest BCUT2D eigenvalue weighted by Gasteiger charge is -2.45. The summed E-state index contributed by atoms with van der Waals surface area (Å²) in [5.74, 6) is -0.0328. The molecule has 5 aliphatic rings. The minimum Gasteiger partial charge on any atom is -0.489 e. The average Bonchev–Trinajstić information content (AvgIpc) is 3.17. The highest BCUT2D eigenvalue weighted by Crippen LogP contribution is 2.46. The van der Waals surface area contributed by atoms with Crippen LogP contribution >= 0.6 is 11.6 Å². The molecule has 0 saturated heterocycles. The molecule has 264 valence electrons. The Morgan fingerprint density at radius 3 is 2.78 bits per heavy atom. The predicted octanol–water partition coefficient (Wildman–Crippen LogP) is 5.65. The van der Waals surface area contributed by atoms with Crippen LogP contribution in [0.25, 0.3) is 0 Å². The Hall–Kier alpha value is -2.99. The van der Waals surface area contributed by atoms with Gasteiger partial charge in [-0.15, -0.1) is 4.36 Å². The molecule has 3 heterocycles. The van der Waals surface area contributed by atoms with Crippen LogP contribution < -0.4 is 14.4 Å². The third-order valence-corrected chi connectivity index (χ3v) is 13.6. The van der Waals surface area contributed by atoms with Gasteiger partial charge in [-0.1, -0.05) is 36.7 Å². The maximum atomic E-state index is 14.4. The SMILES string of the molecule is CO[C@H]1/C=C/C[C@H](C)CS(=O)(NC(=O)[C@H]2C[C@](C)(O)C2)=NC(=O)c2ccc3c(n2)N(C[C@@H]2CC[C@H]21)C[C@@]1(CCCc2cc(Cl)ccc21)CO3. The van der Waals surface area contributed by atoms with Gasteiger partial charge in [-0.3, -0.25) is 14.3 Å². The van der Waals surface area contributed by atoms with E-state index >= 15 is 0 Å². The third kappa shape index (κ3) is 7.01. The Morgan fingerprint density at radius 2 is 2.04 bits per heavy atom. The van der Waals surface area contributed by atoms with Crippen LogP contribution in [0.1, 0.15) is 80.4 Å². The Labute approximate surface area is 294 Å². The van der Waals surface area contributed by atoms with Crippen LogP contribution in [0.3, 0.4) is 0 Å². The van der Waals surface area contributed by atoms with Gasteiger partial charge < -0.3 is 19.5 Å². The maximum absolute atomic E-state index is 14.4. The number of fused-ring (bicyclic) bond motifs is 4. The standard InChI is InChI=1S/C37H47ClN4O6S/c1-23-6-4-8-31(47-3)28-11-9-25(28)19-42-21-37(15-5-7-24-16-27(38)10-12-29(24)37)22-48-32-14-13-30(39-33(32)42)35(44)41-49(46,20-23)40-34(43)26-17-36(2,45)18-26/h4,8,10,12-14,16,23,25-26,28,31,45H,5-7,9,11,15,17-22H2,1-3H3,(H,40,41,43,44,46)/b8-4+/t23-,25-,26-,28+,31-,36-,37-,49?/m0/s1. The Morgan fingerprint density at radius 1 is 1.22 bits per heavy atom. The quantitative estimate of drug-likeness (QED) is 0.392. The number of nitrogens with one attached hydrogen (secondary N) is 1. The van der Waals surface area contributed by atoms with Crippen molar-refractivity contribution in [3.8, 4) is 5.75 Å². The fourth-order valence-electron chi connectivity index (χ4n) is 8.64. The molecule has 49 heavy (non-hydrogen) atoms. The number of methoxy groups -OCH3 is 1. The number of aromatic nitrogens is 1. The van der Waals surface area contributed by atoms with Gasteiger partial charge in [0.2, 0.25) is 5.91 Å². The Balaban J connectivity index is 1.28. The van der Waals surface area contributed by atoms with Crippen LogP contribution in [-0.2, 0) is 31.3 Å². The van der Waals surface area contributed by atoms with E-state index in [1.807, 2.05) is 13.0 Å². The van der Waals surface area contributed by atoms with E-state index in [9.17, 15) is 18.9 Å². The molecule has 1 unspecified atom stereocenters. The smallest absolute Gasteiger partial charge is 0.305 e. The summed E-state index contributed by atoms with van der Waals surface area (Å²) < 4.78 is 33.8. The lowest BCUT2D eigenvalue weighted by Crippen LogP contribution is -2.50. The number of carbonyl (C=O) groups excluding carboxylic acids is 2. The first kappa shape index (κ1) is 34.5. The average molecular weight is 711 g/mol. The number of allylic oxidation sites excluding steroid dienone is 1. The fraction of sp³-hybridized carbons (Fsp3) is 0.595. The van der Waals surface area contributed by atoms with Crippen molar-refractivity contribution in [3.63, 3.8) is 0 Å². The Kier molecular flexibility index (Phi) is 9.34. The van der Waals surface area contributed by atoms with Gasteiger partial charge in [0.1, 0.15) is 15.6 Å². The highest BCUT2D eigenvalue weighted by molar-refractivity contribution is 7.92. The van der Waals surface area contributed by atoms with E-state index in [0.717, 1.165) is 43.7 Å². The summed E-state index contributed by atoms with van der Waals surface area (Å²) in [6, 6.07) is 9.51. The summed E-state index contributed by atoms with van der Waals surface area (Å²) in [7, 11) is -1.77.